The Kier molecular flexibility index (Phi) is 5.08. The molecule has 1 heterocycles. The van der Waals surface area contributed by atoms with Crippen molar-refractivity contribution in [1.82, 2.24) is 10.2 Å². The van der Waals surface area contributed by atoms with Crippen molar-refractivity contribution in [1.29, 1.82) is 0 Å². The van der Waals surface area contributed by atoms with Crippen molar-refractivity contribution in [2.45, 2.75) is 13.0 Å². The number of aliphatic hydroxyl groups excluding tert-OH is 1. The molecule has 124 valence electrons. The molecular formula is C18H18N2O4. The Morgan fingerprint density at radius 3 is 2.38 bits per heavy atom. The molecule has 6 heteroatoms. The van der Waals surface area contributed by atoms with Crippen molar-refractivity contribution >= 4 is 0 Å². The highest BCUT2D eigenvalue weighted by atomic mass is 16.5. The van der Waals surface area contributed by atoms with E-state index in [1.54, 1.807) is 6.07 Å². The van der Waals surface area contributed by atoms with E-state index < -0.39 is 6.10 Å². The van der Waals surface area contributed by atoms with Gasteiger partial charge in [0.1, 0.15) is 30.8 Å². The van der Waals surface area contributed by atoms with Crippen LogP contribution < -0.4 is 9.47 Å². The van der Waals surface area contributed by atoms with Crippen molar-refractivity contribution in [3.63, 3.8) is 0 Å². The molecule has 1 N–H and O–H groups in total. The molecule has 0 radical (unpaired) electrons. The molecule has 3 aromatic rings. The topological polar surface area (TPSA) is 77.6 Å². The van der Waals surface area contributed by atoms with Crippen LogP contribution >= 0.6 is 0 Å². The number of aryl methyl sites for hydroxylation is 1. The van der Waals surface area contributed by atoms with Gasteiger partial charge in [-0.2, -0.15) is 0 Å². The summed E-state index contributed by atoms with van der Waals surface area (Å²) in [6, 6.07) is 15.0. The predicted molar refractivity (Wildman–Crippen MR) is 87.9 cm³/mol. The van der Waals surface area contributed by atoms with Gasteiger partial charge < -0.3 is 19.0 Å². The van der Waals surface area contributed by atoms with Crippen LogP contribution in [0.4, 0.5) is 0 Å². The molecule has 0 spiro atoms. The number of nitrogens with zero attached hydrogens (tertiary/aromatic N) is 2. The largest absolute Gasteiger partial charge is 0.490 e. The predicted octanol–water partition coefficient (Wildman–Crippen LogP) is 2.86. The lowest BCUT2D eigenvalue weighted by Gasteiger charge is -2.15. The Labute approximate surface area is 139 Å². The first-order chi connectivity index (χ1) is 11.7. The van der Waals surface area contributed by atoms with E-state index in [2.05, 4.69) is 10.2 Å². The minimum atomic E-state index is -0.764. The molecule has 1 atom stereocenters. The molecule has 3 rings (SSSR count). The Morgan fingerprint density at radius 1 is 1.00 bits per heavy atom. The van der Waals surface area contributed by atoms with E-state index in [9.17, 15) is 5.11 Å². The van der Waals surface area contributed by atoms with Crippen molar-refractivity contribution in [3.05, 3.63) is 60.5 Å². The van der Waals surface area contributed by atoms with Crippen LogP contribution in [0.25, 0.3) is 11.5 Å². The average molecular weight is 326 g/mol. The molecule has 24 heavy (non-hydrogen) atoms. The van der Waals surface area contributed by atoms with Crippen LogP contribution in [0.2, 0.25) is 0 Å². The van der Waals surface area contributed by atoms with Gasteiger partial charge in [0.15, 0.2) is 0 Å². The lowest BCUT2D eigenvalue weighted by Crippen LogP contribution is -2.25. The number of aliphatic hydroxyl groups is 1. The van der Waals surface area contributed by atoms with Crippen molar-refractivity contribution in [2.75, 3.05) is 13.2 Å². The summed E-state index contributed by atoms with van der Waals surface area (Å²) in [4.78, 5) is 0. The maximum absolute atomic E-state index is 10.1. The number of hydrogen-bond donors (Lipinski definition) is 1. The second kappa shape index (κ2) is 7.61. The molecule has 1 aromatic heterocycles. The van der Waals surface area contributed by atoms with Gasteiger partial charge in [0.2, 0.25) is 6.39 Å². The Hall–Kier alpha value is -2.86. The standard InChI is InChI=1S/C18H18N2O4/c1-13-6-2-4-8-16(13)22-10-14(21)11-23-17-9-5-3-7-15(17)18-20-19-12-24-18/h2-9,12,14,21H,10-11H2,1H3. The minimum absolute atomic E-state index is 0.0943. The number of aromatic nitrogens is 2. The molecule has 0 saturated carbocycles. The van der Waals surface area contributed by atoms with Gasteiger partial charge in [-0.05, 0) is 30.7 Å². The van der Waals surface area contributed by atoms with Gasteiger partial charge >= 0.3 is 0 Å². The van der Waals surface area contributed by atoms with Gasteiger partial charge in [0, 0.05) is 0 Å². The fraction of sp³-hybridized carbons (Fsp3) is 0.222. The van der Waals surface area contributed by atoms with Crippen LogP contribution in [-0.4, -0.2) is 34.6 Å². The number of ether oxygens (including phenoxy) is 2. The first kappa shape index (κ1) is 16.0. The lowest BCUT2D eigenvalue weighted by molar-refractivity contribution is 0.0625. The normalized spacial score (nSPS) is 11.9. The van der Waals surface area contributed by atoms with Gasteiger partial charge in [0.25, 0.3) is 5.89 Å². The molecular weight excluding hydrogens is 308 g/mol. The highest BCUT2D eigenvalue weighted by molar-refractivity contribution is 5.62. The quantitative estimate of drug-likeness (QED) is 0.719. The molecule has 2 aromatic carbocycles. The fourth-order valence-corrected chi connectivity index (χ4v) is 2.20. The van der Waals surface area contributed by atoms with Crippen molar-refractivity contribution in [2.24, 2.45) is 0 Å². The first-order valence-electron chi connectivity index (χ1n) is 7.59. The van der Waals surface area contributed by atoms with Crippen molar-refractivity contribution in [3.8, 4) is 23.0 Å². The molecule has 0 aliphatic carbocycles. The number of rotatable bonds is 7. The van der Waals surface area contributed by atoms with Gasteiger partial charge in [-0.15, -0.1) is 10.2 Å². The minimum Gasteiger partial charge on any atom is -0.490 e. The van der Waals surface area contributed by atoms with Crippen LogP contribution in [0.3, 0.4) is 0 Å². The first-order valence-corrected chi connectivity index (χ1v) is 7.59. The summed E-state index contributed by atoms with van der Waals surface area (Å²) in [5.74, 6) is 1.69. The maximum Gasteiger partial charge on any atom is 0.251 e. The average Bonchev–Trinajstić information content (AvgIpc) is 3.14. The van der Waals surface area contributed by atoms with Gasteiger partial charge in [-0.3, -0.25) is 0 Å². The van der Waals surface area contributed by atoms with E-state index in [1.165, 1.54) is 6.39 Å². The van der Waals surface area contributed by atoms with Crippen LogP contribution in [0.15, 0.2) is 59.3 Å². The second-order valence-corrected chi connectivity index (χ2v) is 5.28. The van der Waals surface area contributed by atoms with Crippen LogP contribution in [0.1, 0.15) is 5.56 Å². The Bertz CT molecular complexity index is 774. The molecule has 6 nitrogen and oxygen atoms in total. The van der Waals surface area contributed by atoms with Crippen molar-refractivity contribution < 1.29 is 19.0 Å². The SMILES string of the molecule is Cc1ccccc1OCC(O)COc1ccccc1-c1nnco1. The molecule has 0 bridgehead atoms. The summed E-state index contributed by atoms with van der Waals surface area (Å²) in [5, 5.41) is 17.6. The fourth-order valence-electron chi connectivity index (χ4n) is 2.20. The van der Waals surface area contributed by atoms with E-state index in [-0.39, 0.29) is 13.2 Å². The summed E-state index contributed by atoms with van der Waals surface area (Å²) < 4.78 is 16.5. The van der Waals surface area contributed by atoms with E-state index in [1.807, 2.05) is 49.4 Å². The second-order valence-electron chi connectivity index (χ2n) is 5.28. The Balaban J connectivity index is 1.57. The van der Waals surface area contributed by atoms with E-state index in [0.29, 0.717) is 17.2 Å². The van der Waals surface area contributed by atoms with Crippen LogP contribution in [-0.2, 0) is 0 Å². The molecule has 0 saturated heterocycles. The monoisotopic (exact) mass is 326 g/mol. The smallest absolute Gasteiger partial charge is 0.251 e. The lowest BCUT2D eigenvalue weighted by atomic mass is 10.2. The zero-order valence-corrected chi connectivity index (χ0v) is 13.3. The molecule has 0 aliphatic heterocycles. The molecule has 0 amide bonds. The van der Waals surface area contributed by atoms with Crippen LogP contribution in [0.5, 0.6) is 11.5 Å². The molecule has 1 unspecified atom stereocenters. The highest BCUT2D eigenvalue weighted by Gasteiger charge is 2.13. The van der Waals surface area contributed by atoms with E-state index in [4.69, 9.17) is 13.9 Å². The van der Waals surface area contributed by atoms with Crippen LogP contribution in [0, 0.1) is 6.92 Å². The third kappa shape index (κ3) is 3.91. The summed E-state index contributed by atoms with van der Waals surface area (Å²) >= 11 is 0. The van der Waals surface area contributed by atoms with E-state index >= 15 is 0 Å². The zero-order valence-electron chi connectivity index (χ0n) is 13.3. The Morgan fingerprint density at radius 2 is 1.67 bits per heavy atom. The highest BCUT2D eigenvalue weighted by Crippen LogP contribution is 2.28. The zero-order chi connectivity index (χ0) is 16.8. The summed E-state index contributed by atoms with van der Waals surface area (Å²) in [6.07, 6.45) is 0.497. The molecule has 0 fully saturated rings. The van der Waals surface area contributed by atoms with Gasteiger partial charge in [-0.25, -0.2) is 0 Å². The van der Waals surface area contributed by atoms with Gasteiger partial charge in [-0.1, -0.05) is 30.3 Å². The summed E-state index contributed by atoms with van der Waals surface area (Å²) in [7, 11) is 0. The maximum atomic E-state index is 10.1. The summed E-state index contributed by atoms with van der Waals surface area (Å²) in [5.41, 5.74) is 1.70. The number of benzene rings is 2. The third-order valence-electron chi connectivity index (χ3n) is 3.43. The van der Waals surface area contributed by atoms with Gasteiger partial charge in [0.05, 0.1) is 5.56 Å². The number of hydrogen-bond acceptors (Lipinski definition) is 6. The summed E-state index contributed by atoms with van der Waals surface area (Å²) in [6.45, 7) is 2.20. The van der Waals surface area contributed by atoms with E-state index in [0.717, 1.165) is 11.3 Å². The third-order valence-corrected chi connectivity index (χ3v) is 3.43. The number of para-hydroxylation sites is 2. The molecule has 0 aliphatic rings.